The highest BCUT2D eigenvalue weighted by Crippen LogP contribution is 2.14. The number of halogens is 1. The van der Waals surface area contributed by atoms with Crippen molar-refractivity contribution in [2.75, 3.05) is 0 Å². The lowest BCUT2D eigenvalue weighted by Crippen LogP contribution is -2.17. The molecule has 2 aromatic rings. The highest BCUT2D eigenvalue weighted by molar-refractivity contribution is 9.10. The zero-order valence-corrected chi connectivity index (χ0v) is 11.3. The highest BCUT2D eigenvalue weighted by Gasteiger charge is 2.06. The molecule has 4 heteroatoms. The van der Waals surface area contributed by atoms with E-state index < -0.39 is 0 Å². The molecule has 2 rings (SSSR count). The van der Waals surface area contributed by atoms with Crippen LogP contribution in [0.15, 0.2) is 39.4 Å². The Morgan fingerprint density at radius 1 is 1.35 bits per heavy atom. The summed E-state index contributed by atoms with van der Waals surface area (Å²) in [5, 5.41) is 0. The number of oxazole rings is 1. The topological polar surface area (TPSA) is 52.0 Å². The molecule has 2 N–H and O–H groups in total. The Hall–Kier alpha value is -1.13. The van der Waals surface area contributed by atoms with E-state index in [0.29, 0.717) is 6.42 Å². The summed E-state index contributed by atoms with van der Waals surface area (Å²) in [6.07, 6.45) is 3.21. The molecule has 1 atom stereocenters. The van der Waals surface area contributed by atoms with Crippen LogP contribution in [0.2, 0.25) is 0 Å². The molecule has 0 aliphatic heterocycles. The smallest absolute Gasteiger partial charge is 0.198 e. The number of hydrogen-bond donors (Lipinski definition) is 1. The van der Waals surface area contributed by atoms with Crippen molar-refractivity contribution >= 4 is 15.9 Å². The number of benzene rings is 1. The average molecular weight is 295 g/mol. The van der Waals surface area contributed by atoms with Crippen LogP contribution in [-0.2, 0) is 12.8 Å². The van der Waals surface area contributed by atoms with E-state index >= 15 is 0 Å². The minimum Gasteiger partial charge on any atom is -0.445 e. The Labute approximate surface area is 109 Å². The van der Waals surface area contributed by atoms with E-state index in [4.69, 9.17) is 10.2 Å². The van der Waals surface area contributed by atoms with Gasteiger partial charge in [0.2, 0.25) is 0 Å². The van der Waals surface area contributed by atoms with E-state index in [9.17, 15) is 0 Å². The number of rotatable bonds is 4. The molecule has 1 heterocycles. The van der Waals surface area contributed by atoms with E-state index in [-0.39, 0.29) is 6.04 Å². The largest absolute Gasteiger partial charge is 0.445 e. The van der Waals surface area contributed by atoms with E-state index in [1.807, 2.05) is 19.1 Å². The summed E-state index contributed by atoms with van der Waals surface area (Å²) in [7, 11) is 0. The van der Waals surface area contributed by atoms with Crippen LogP contribution in [0.4, 0.5) is 0 Å². The first kappa shape index (κ1) is 12.3. The minimum atomic E-state index is 0.100. The van der Waals surface area contributed by atoms with Gasteiger partial charge in [-0.25, -0.2) is 4.98 Å². The Morgan fingerprint density at radius 2 is 2.06 bits per heavy atom. The summed E-state index contributed by atoms with van der Waals surface area (Å²) in [5.41, 5.74) is 6.89. The number of aromatic nitrogens is 1. The molecule has 0 fully saturated rings. The molecule has 1 aromatic carbocycles. The van der Waals surface area contributed by atoms with E-state index in [2.05, 4.69) is 33.0 Å². The quantitative estimate of drug-likeness (QED) is 0.943. The summed E-state index contributed by atoms with van der Waals surface area (Å²) in [4.78, 5) is 4.25. The lowest BCUT2D eigenvalue weighted by molar-refractivity contribution is 0.452. The fourth-order valence-corrected chi connectivity index (χ4v) is 1.88. The molecule has 0 saturated carbocycles. The number of nitrogens with zero attached hydrogens (tertiary/aromatic N) is 1. The molecule has 1 unspecified atom stereocenters. The van der Waals surface area contributed by atoms with Gasteiger partial charge in [0.05, 0.1) is 6.20 Å². The minimum absolute atomic E-state index is 0.100. The fourth-order valence-electron chi connectivity index (χ4n) is 1.62. The third-order valence-corrected chi connectivity index (χ3v) is 2.92. The van der Waals surface area contributed by atoms with Gasteiger partial charge in [0.25, 0.3) is 0 Å². The van der Waals surface area contributed by atoms with Crippen LogP contribution in [0, 0.1) is 0 Å². The average Bonchev–Trinajstić information content (AvgIpc) is 2.68. The third-order valence-electron chi connectivity index (χ3n) is 2.39. The van der Waals surface area contributed by atoms with Gasteiger partial charge in [0.15, 0.2) is 5.89 Å². The van der Waals surface area contributed by atoms with Crippen LogP contribution in [0.3, 0.4) is 0 Å². The standard InChI is InChI=1S/C13H15BrN2O/c1-9(15)6-12-8-16-13(17-12)7-10-2-4-11(14)5-3-10/h2-5,8-9H,6-7,15H2,1H3. The Kier molecular flexibility index (Phi) is 3.97. The van der Waals surface area contributed by atoms with Crippen LogP contribution < -0.4 is 5.73 Å². The second-order valence-electron chi connectivity index (χ2n) is 4.20. The van der Waals surface area contributed by atoms with Crippen LogP contribution in [0.1, 0.15) is 24.1 Å². The van der Waals surface area contributed by atoms with Crippen molar-refractivity contribution in [3.8, 4) is 0 Å². The molecule has 0 amide bonds. The maximum atomic E-state index is 5.71. The summed E-state index contributed by atoms with van der Waals surface area (Å²) >= 11 is 3.41. The molecular weight excluding hydrogens is 280 g/mol. The van der Waals surface area contributed by atoms with Gasteiger partial charge in [0, 0.05) is 23.4 Å². The van der Waals surface area contributed by atoms with Crippen molar-refractivity contribution < 1.29 is 4.42 Å². The van der Waals surface area contributed by atoms with Gasteiger partial charge in [-0.2, -0.15) is 0 Å². The molecule has 0 radical (unpaired) electrons. The van der Waals surface area contributed by atoms with Crippen molar-refractivity contribution in [1.29, 1.82) is 0 Å². The maximum Gasteiger partial charge on any atom is 0.198 e. The van der Waals surface area contributed by atoms with Crippen molar-refractivity contribution in [2.45, 2.75) is 25.8 Å². The van der Waals surface area contributed by atoms with Crippen molar-refractivity contribution in [2.24, 2.45) is 5.73 Å². The summed E-state index contributed by atoms with van der Waals surface area (Å²) in [5.74, 6) is 1.59. The summed E-state index contributed by atoms with van der Waals surface area (Å²) in [6, 6.07) is 8.24. The summed E-state index contributed by atoms with van der Waals surface area (Å²) < 4.78 is 6.70. The molecule has 0 aliphatic rings. The van der Waals surface area contributed by atoms with Crippen molar-refractivity contribution in [3.05, 3.63) is 52.1 Å². The van der Waals surface area contributed by atoms with Gasteiger partial charge < -0.3 is 10.2 Å². The van der Waals surface area contributed by atoms with Crippen LogP contribution in [-0.4, -0.2) is 11.0 Å². The Bertz CT molecular complexity index is 476. The third kappa shape index (κ3) is 3.68. The van der Waals surface area contributed by atoms with Gasteiger partial charge in [-0.3, -0.25) is 0 Å². The van der Waals surface area contributed by atoms with Gasteiger partial charge in [-0.05, 0) is 24.6 Å². The monoisotopic (exact) mass is 294 g/mol. The SMILES string of the molecule is CC(N)Cc1cnc(Cc2ccc(Br)cc2)o1. The molecule has 17 heavy (non-hydrogen) atoms. The van der Waals surface area contributed by atoms with E-state index in [1.165, 1.54) is 5.56 Å². The van der Waals surface area contributed by atoms with Crippen LogP contribution in [0.25, 0.3) is 0 Å². The van der Waals surface area contributed by atoms with Gasteiger partial charge in [-0.1, -0.05) is 28.1 Å². The van der Waals surface area contributed by atoms with E-state index in [0.717, 1.165) is 22.5 Å². The molecule has 90 valence electrons. The summed E-state index contributed by atoms with van der Waals surface area (Å²) in [6.45, 7) is 1.96. The Morgan fingerprint density at radius 3 is 2.71 bits per heavy atom. The fraction of sp³-hybridized carbons (Fsp3) is 0.308. The van der Waals surface area contributed by atoms with Crippen LogP contribution in [0.5, 0.6) is 0 Å². The molecule has 0 aliphatic carbocycles. The molecule has 0 spiro atoms. The zero-order valence-electron chi connectivity index (χ0n) is 9.69. The lowest BCUT2D eigenvalue weighted by Gasteiger charge is -2.00. The first-order valence-corrected chi connectivity index (χ1v) is 6.36. The normalized spacial score (nSPS) is 12.6. The molecule has 0 saturated heterocycles. The van der Waals surface area contributed by atoms with Gasteiger partial charge in [-0.15, -0.1) is 0 Å². The van der Waals surface area contributed by atoms with Crippen molar-refractivity contribution in [1.82, 2.24) is 4.98 Å². The second kappa shape index (κ2) is 5.47. The zero-order chi connectivity index (χ0) is 12.3. The lowest BCUT2D eigenvalue weighted by atomic mass is 10.1. The van der Waals surface area contributed by atoms with Crippen molar-refractivity contribution in [3.63, 3.8) is 0 Å². The Balaban J connectivity index is 2.03. The van der Waals surface area contributed by atoms with Gasteiger partial charge in [0.1, 0.15) is 5.76 Å². The maximum absolute atomic E-state index is 5.71. The van der Waals surface area contributed by atoms with E-state index in [1.54, 1.807) is 6.20 Å². The predicted octanol–water partition coefficient (Wildman–Crippen LogP) is 2.92. The highest BCUT2D eigenvalue weighted by atomic mass is 79.9. The second-order valence-corrected chi connectivity index (χ2v) is 5.12. The predicted molar refractivity (Wildman–Crippen MR) is 70.8 cm³/mol. The molecular formula is C13H15BrN2O. The molecule has 3 nitrogen and oxygen atoms in total. The first-order chi connectivity index (χ1) is 8.13. The molecule has 1 aromatic heterocycles. The molecule has 0 bridgehead atoms. The number of nitrogens with two attached hydrogens (primary N) is 1. The number of hydrogen-bond acceptors (Lipinski definition) is 3. The van der Waals surface area contributed by atoms with Crippen LogP contribution >= 0.6 is 15.9 Å². The first-order valence-electron chi connectivity index (χ1n) is 5.57. The van der Waals surface area contributed by atoms with Gasteiger partial charge >= 0.3 is 0 Å².